The highest BCUT2D eigenvalue weighted by Gasteiger charge is 2.25. The van der Waals surface area contributed by atoms with Crippen molar-refractivity contribution in [3.63, 3.8) is 0 Å². The predicted molar refractivity (Wildman–Crippen MR) is 67.6 cm³/mol. The lowest BCUT2D eigenvalue weighted by Crippen LogP contribution is -2.34. The summed E-state index contributed by atoms with van der Waals surface area (Å²) in [4.78, 5) is 6.97. The van der Waals surface area contributed by atoms with Crippen LogP contribution in [0, 0.1) is 5.92 Å². The standard InChI is InChI=1S/C11H21N3S/c1-9-7-13-11(15-8-9)12-5-6-14(2)10-3-4-10/h9-10H,3-8H2,1-2H3,(H,12,13). The van der Waals surface area contributed by atoms with Crippen molar-refractivity contribution < 1.29 is 0 Å². The molecule has 1 N–H and O–H groups in total. The number of hydrogen-bond donors (Lipinski definition) is 1. The largest absolute Gasteiger partial charge is 0.364 e. The third-order valence-corrected chi connectivity index (χ3v) is 4.24. The molecule has 4 heteroatoms. The highest BCUT2D eigenvalue weighted by Crippen LogP contribution is 2.24. The van der Waals surface area contributed by atoms with Gasteiger partial charge in [-0.05, 0) is 25.8 Å². The van der Waals surface area contributed by atoms with Gasteiger partial charge in [0.1, 0.15) is 0 Å². The van der Waals surface area contributed by atoms with Crippen LogP contribution in [-0.4, -0.2) is 48.5 Å². The molecule has 1 fully saturated rings. The molecule has 2 rings (SSSR count). The van der Waals surface area contributed by atoms with E-state index in [9.17, 15) is 0 Å². The van der Waals surface area contributed by atoms with Crippen molar-refractivity contribution in [2.45, 2.75) is 25.8 Å². The SMILES string of the molecule is CC1CN=C(NCCN(C)C2CC2)SC1. The topological polar surface area (TPSA) is 27.6 Å². The van der Waals surface area contributed by atoms with Gasteiger partial charge in [-0.1, -0.05) is 18.7 Å². The van der Waals surface area contributed by atoms with Crippen LogP contribution in [0.2, 0.25) is 0 Å². The molecule has 1 atom stereocenters. The molecule has 0 aromatic carbocycles. The summed E-state index contributed by atoms with van der Waals surface area (Å²) in [6.45, 7) is 5.43. The summed E-state index contributed by atoms with van der Waals surface area (Å²) in [6, 6.07) is 0.868. The van der Waals surface area contributed by atoms with Crippen LogP contribution in [0.4, 0.5) is 0 Å². The molecule has 0 radical (unpaired) electrons. The lowest BCUT2D eigenvalue weighted by molar-refractivity contribution is 0.329. The molecule has 0 saturated heterocycles. The number of rotatable bonds is 4. The van der Waals surface area contributed by atoms with Crippen LogP contribution < -0.4 is 5.32 Å². The third kappa shape index (κ3) is 3.68. The van der Waals surface area contributed by atoms with Crippen LogP contribution in [0.5, 0.6) is 0 Å². The van der Waals surface area contributed by atoms with E-state index in [1.165, 1.54) is 18.6 Å². The maximum absolute atomic E-state index is 4.52. The lowest BCUT2D eigenvalue weighted by Gasteiger charge is -2.20. The molecule has 0 aromatic heterocycles. The molecule has 3 nitrogen and oxygen atoms in total. The fourth-order valence-electron chi connectivity index (χ4n) is 1.70. The molecule has 0 amide bonds. The minimum absolute atomic E-state index is 0.745. The maximum atomic E-state index is 4.52. The minimum Gasteiger partial charge on any atom is -0.364 e. The van der Waals surface area contributed by atoms with Crippen LogP contribution in [0.3, 0.4) is 0 Å². The van der Waals surface area contributed by atoms with Crippen molar-refractivity contribution in [1.82, 2.24) is 10.2 Å². The number of nitrogens with one attached hydrogen (secondary N) is 1. The first-order chi connectivity index (χ1) is 7.25. The molecule has 1 unspecified atom stereocenters. The van der Waals surface area contributed by atoms with Crippen molar-refractivity contribution in [3.05, 3.63) is 0 Å². The van der Waals surface area contributed by atoms with Gasteiger partial charge in [0, 0.05) is 31.4 Å². The predicted octanol–water partition coefficient (Wildman–Crippen LogP) is 1.41. The van der Waals surface area contributed by atoms with Crippen molar-refractivity contribution >= 4 is 16.9 Å². The van der Waals surface area contributed by atoms with Gasteiger partial charge in [-0.15, -0.1) is 0 Å². The molecule has 2 aliphatic rings. The summed E-state index contributed by atoms with van der Waals surface area (Å²) < 4.78 is 0. The number of nitrogens with zero attached hydrogens (tertiary/aromatic N) is 2. The Morgan fingerprint density at radius 3 is 2.93 bits per heavy atom. The van der Waals surface area contributed by atoms with Crippen molar-refractivity contribution in [2.24, 2.45) is 10.9 Å². The number of hydrogen-bond acceptors (Lipinski definition) is 4. The molecule has 15 heavy (non-hydrogen) atoms. The first-order valence-electron chi connectivity index (χ1n) is 5.87. The van der Waals surface area contributed by atoms with Gasteiger partial charge in [-0.25, -0.2) is 0 Å². The zero-order chi connectivity index (χ0) is 10.7. The van der Waals surface area contributed by atoms with E-state index >= 15 is 0 Å². The second-order valence-corrected chi connectivity index (χ2v) is 5.71. The highest BCUT2D eigenvalue weighted by molar-refractivity contribution is 8.13. The lowest BCUT2D eigenvalue weighted by atomic mass is 10.2. The van der Waals surface area contributed by atoms with Gasteiger partial charge < -0.3 is 10.2 Å². The molecular weight excluding hydrogens is 206 g/mol. The van der Waals surface area contributed by atoms with E-state index in [1.54, 1.807) is 0 Å². The van der Waals surface area contributed by atoms with Crippen molar-refractivity contribution in [1.29, 1.82) is 0 Å². The highest BCUT2D eigenvalue weighted by atomic mass is 32.2. The van der Waals surface area contributed by atoms with Crippen LogP contribution in [0.25, 0.3) is 0 Å². The molecular formula is C11H21N3S. The summed E-state index contributed by atoms with van der Waals surface area (Å²) in [7, 11) is 2.22. The Hall–Kier alpha value is -0.220. The van der Waals surface area contributed by atoms with Crippen LogP contribution in [0.15, 0.2) is 4.99 Å². The Morgan fingerprint density at radius 2 is 2.33 bits per heavy atom. The van der Waals surface area contributed by atoms with Gasteiger partial charge in [0.25, 0.3) is 0 Å². The Labute approximate surface area is 96.7 Å². The molecule has 0 spiro atoms. The van der Waals surface area contributed by atoms with Gasteiger partial charge in [0.2, 0.25) is 0 Å². The quantitative estimate of drug-likeness (QED) is 0.787. The van der Waals surface area contributed by atoms with Crippen LogP contribution in [0.1, 0.15) is 19.8 Å². The Kier molecular flexibility index (Phi) is 3.92. The van der Waals surface area contributed by atoms with E-state index in [2.05, 4.69) is 29.2 Å². The zero-order valence-corrected chi connectivity index (χ0v) is 10.5. The van der Waals surface area contributed by atoms with Gasteiger partial charge in [0.15, 0.2) is 5.17 Å². The molecule has 1 saturated carbocycles. The first kappa shape index (κ1) is 11.3. The van der Waals surface area contributed by atoms with E-state index in [4.69, 9.17) is 0 Å². The average Bonchev–Trinajstić information content (AvgIpc) is 3.04. The molecule has 1 heterocycles. The Morgan fingerprint density at radius 1 is 1.53 bits per heavy atom. The smallest absolute Gasteiger partial charge is 0.156 e. The van der Waals surface area contributed by atoms with E-state index in [1.807, 2.05) is 11.8 Å². The molecule has 86 valence electrons. The molecule has 1 aliphatic carbocycles. The second kappa shape index (κ2) is 5.21. The number of aliphatic imine (C=N–C) groups is 1. The fourth-order valence-corrected chi connectivity index (χ4v) is 2.62. The van der Waals surface area contributed by atoms with Gasteiger partial charge in [-0.2, -0.15) is 0 Å². The summed E-state index contributed by atoms with van der Waals surface area (Å²) >= 11 is 1.87. The second-order valence-electron chi connectivity index (χ2n) is 4.70. The Balaban J connectivity index is 1.60. The summed E-state index contributed by atoms with van der Waals surface area (Å²) in [5.74, 6) is 1.96. The van der Waals surface area contributed by atoms with Crippen molar-refractivity contribution in [3.8, 4) is 0 Å². The summed E-state index contributed by atoms with van der Waals surface area (Å²) in [5.41, 5.74) is 0. The number of amidine groups is 1. The molecule has 0 aromatic rings. The molecule has 0 bridgehead atoms. The van der Waals surface area contributed by atoms with Crippen LogP contribution >= 0.6 is 11.8 Å². The summed E-state index contributed by atoms with van der Waals surface area (Å²) in [6.07, 6.45) is 2.79. The van der Waals surface area contributed by atoms with Gasteiger partial charge in [0.05, 0.1) is 0 Å². The average molecular weight is 227 g/mol. The molecule has 1 aliphatic heterocycles. The number of likely N-dealkylation sites (N-methyl/N-ethyl adjacent to an activating group) is 1. The Bertz CT molecular complexity index is 238. The van der Waals surface area contributed by atoms with Gasteiger partial charge >= 0.3 is 0 Å². The van der Waals surface area contributed by atoms with Gasteiger partial charge in [-0.3, -0.25) is 4.99 Å². The van der Waals surface area contributed by atoms with E-state index in [-0.39, 0.29) is 0 Å². The summed E-state index contributed by atoms with van der Waals surface area (Å²) in [5, 5.41) is 4.58. The van der Waals surface area contributed by atoms with Crippen LogP contribution in [-0.2, 0) is 0 Å². The first-order valence-corrected chi connectivity index (χ1v) is 6.85. The monoisotopic (exact) mass is 227 g/mol. The maximum Gasteiger partial charge on any atom is 0.156 e. The fraction of sp³-hybridized carbons (Fsp3) is 0.909. The van der Waals surface area contributed by atoms with E-state index < -0.39 is 0 Å². The van der Waals surface area contributed by atoms with Crippen molar-refractivity contribution in [2.75, 3.05) is 32.4 Å². The third-order valence-electron chi connectivity index (χ3n) is 2.96. The zero-order valence-electron chi connectivity index (χ0n) is 9.70. The number of thioether (sulfide) groups is 1. The minimum atomic E-state index is 0.745. The normalized spacial score (nSPS) is 26.6. The van der Waals surface area contributed by atoms with E-state index in [0.29, 0.717) is 0 Å². The van der Waals surface area contributed by atoms with E-state index in [0.717, 1.165) is 36.8 Å².